The predicted octanol–water partition coefficient (Wildman–Crippen LogP) is 2.25. The van der Waals surface area contributed by atoms with Crippen molar-refractivity contribution in [3.05, 3.63) is 0 Å². The lowest BCUT2D eigenvalue weighted by atomic mass is 9.98. The zero-order valence-corrected chi connectivity index (χ0v) is 10.2. The fourth-order valence-electron chi connectivity index (χ4n) is 1.22. The van der Waals surface area contributed by atoms with Crippen LogP contribution in [0, 0.1) is 0 Å². The lowest BCUT2D eigenvalue weighted by Gasteiger charge is -2.26. The maximum Gasteiger partial charge on any atom is 0.400 e. The summed E-state index contributed by atoms with van der Waals surface area (Å²) < 4.78 is 32.0. The van der Waals surface area contributed by atoms with E-state index in [0.717, 1.165) is 6.42 Å². The minimum Gasteiger partial charge on any atom is -0.248 e. The zero-order chi connectivity index (χ0) is 11.2. The molecule has 0 aliphatic rings. The summed E-state index contributed by atoms with van der Waals surface area (Å²) in [5, 5.41) is 0. The zero-order valence-electron chi connectivity index (χ0n) is 9.37. The van der Waals surface area contributed by atoms with Gasteiger partial charge in [-0.15, -0.1) is 0 Å². The normalized spacial score (nSPS) is 16.6. The quantitative estimate of drug-likeness (QED) is 0.665. The van der Waals surface area contributed by atoms with Crippen LogP contribution in [0.25, 0.3) is 0 Å². The highest BCUT2D eigenvalue weighted by atomic mass is 32.3. The van der Waals surface area contributed by atoms with E-state index in [1.807, 2.05) is 13.8 Å². The van der Waals surface area contributed by atoms with E-state index >= 15 is 0 Å². The molecule has 0 heterocycles. The monoisotopic (exact) mass is 224 g/mol. The van der Waals surface area contributed by atoms with Crippen LogP contribution >= 0.6 is 0 Å². The Hall–Kier alpha value is -0.130. The van der Waals surface area contributed by atoms with Gasteiger partial charge in [0.25, 0.3) is 0 Å². The van der Waals surface area contributed by atoms with Crippen LogP contribution in [0.4, 0.5) is 0 Å². The van der Waals surface area contributed by atoms with Gasteiger partial charge in [-0.25, -0.2) is 8.37 Å². The Balaban J connectivity index is 4.44. The van der Waals surface area contributed by atoms with Gasteiger partial charge in [0.1, 0.15) is 0 Å². The first-order valence-corrected chi connectivity index (χ1v) is 6.32. The predicted molar refractivity (Wildman–Crippen MR) is 55.2 cm³/mol. The van der Waals surface area contributed by atoms with Crippen molar-refractivity contribution in [1.82, 2.24) is 0 Å². The lowest BCUT2D eigenvalue weighted by Crippen LogP contribution is -2.31. The molecule has 86 valence electrons. The summed E-state index contributed by atoms with van der Waals surface area (Å²) in [5.74, 6) is 0. The van der Waals surface area contributed by atoms with Crippen LogP contribution in [-0.4, -0.2) is 20.6 Å². The minimum absolute atomic E-state index is 0.105. The van der Waals surface area contributed by atoms with E-state index in [2.05, 4.69) is 4.18 Å². The third-order valence-corrected chi connectivity index (χ3v) is 3.22. The molecule has 14 heavy (non-hydrogen) atoms. The van der Waals surface area contributed by atoms with Gasteiger partial charge in [0.05, 0.1) is 12.2 Å². The van der Waals surface area contributed by atoms with Crippen LogP contribution in [0.5, 0.6) is 0 Å². The van der Waals surface area contributed by atoms with Gasteiger partial charge in [-0.3, -0.25) is 0 Å². The Morgan fingerprint density at radius 2 is 1.79 bits per heavy atom. The average Bonchev–Trinajstić information content (AvgIpc) is 2.03. The first-order chi connectivity index (χ1) is 6.39. The van der Waals surface area contributed by atoms with Gasteiger partial charge < -0.3 is 0 Å². The summed E-state index contributed by atoms with van der Waals surface area (Å²) in [5.41, 5.74) is -0.636. The molecule has 4 nitrogen and oxygen atoms in total. The molecule has 0 fully saturated rings. The van der Waals surface area contributed by atoms with E-state index in [0.29, 0.717) is 12.8 Å². The molecule has 0 radical (unpaired) electrons. The van der Waals surface area contributed by atoms with Crippen LogP contribution in [0.15, 0.2) is 0 Å². The van der Waals surface area contributed by atoms with Gasteiger partial charge >= 0.3 is 10.4 Å². The number of hydrogen-bond acceptors (Lipinski definition) is 4. The maximum absolute atomic E-state index is 11.2. The van der Waals surface area contributed by atoms with E-state index in [1.54, 1.807) is 13.8 Å². The van der Waals surface area contributed by atoms with Gasteiger partial charge in [-0.05, 0) is 26.7 Å². The molecule has 0 saturated carbocycles. The van der Waals surface area contributed by atoms with Gasteiger partial charge in [0.2, 0.25) is 0 Å². The molecular weight excluding hydrogens is 204 g/mol. The van der Waals surface area contributed by atoms with Crippen LogP contribution in [-0.2, 0) is 18.8 Å². The van der Waals surface area contributed by atoms with Gasteiger partial charge in [-0.1, -0.05) is 20.3 Å². The molecule has 0 N–H and O–H groups in total. The molecule has 0 aromatic heterocycles. The average molecular weight is 224 g/mol. The molecule has 0 aliphatic carbocycles. The molecule has 5 heteroatoms. The van der Waals surface area contributed by atoms with E-state index in [-0.39, 0.29) is 6.61 Å². The summed E-state index contributed by atoms with van der Waals surface area (Å²) in [7, 11) is -3.82. The summed E-state index contributed by atoms with van der Waals surface area (Å²) in [6.07, 6.45) is 2.23. The first kappa shape index (κ1) is 13.9. The van der Waals surface area contributed by atoms with Crippen molar-refractivity contribution in [2.75, 3.05) is 6.61 Å². The van der Waals surface area contributed by atoms with Crippen molar-refractivity contribution in [3.8, 4) is 0 Å². The van der Waals surface area contributed by atoms with Gasteiger partial charge in [0, 0.05) is 0 Å². The summed E-state index contributed by atoms with van der Waals surface area (Å²) in [6, 6.07) is 0. The fraction of sp³-hybridized carbons (Fsp3) is 1.00. The van der Waals surface area contributed by atoms with E-state index < -0.39 is 16.0 Å². The largest absolute Gasteiger partial charge is 0.400 e. The van der Waals surface area contributed by atoms with E-state index in [4.69, 9.17) is 4.18 Å². The Kier molecular flexibility index (Phi) is 5.63. The summed E-state index contributed by atoms with van der Waals surface area (Å²) in [4.78, 5) is 0. The highest BCUT2D eigenvalue weighted by molar-refractivity contribution is 7.81. The standard InChI is InChI=1S/C9H20O4S/c1-5-8-9(4,6-2)13-14(10,11)12-7-3/h5-8H2,1-4H3. The van der Waals surface area contributed by atoms with Crippen LogP contribution in [0.2, 0.25) is 0 Å². The van der Waals surface area contributed by atoms with Crippen molar-refractivity contribution in [3.63, 3.8) is 0 Å². The molecule has 0 amide bonds. The Bertz CT molecular complexity index is 248. The van der Waals surface area contributed by atoms with Crippen molar-refractivity contribution in [2.24, 2.45) is 0 Å². The van der Waals surface area contributed by atoms with Crippen LogP contribution < -0.4 is 0 Å². The Labute approximate surface area is 86.9 Å². The summed E-state index contributed by atoms with van der Waals surface area (Å²) in [6.45, 7) is 7.40. The molecule has 0 saturated heterocycles. The summed E-state index contributed by atoms with van der Waals surface area (Å²) >= 11 is 0. The lowest BCUT2D eigenvalue weighted by molar-refractivity contribution is 0.0587. The number of hydrogen-bond donors (Lipinski definition) is 0. The second-order valence-corrected chi connectivity index (χ2v) is 4.67. The molecule has 0 rings (SSSR count). The van der Waals surface area contributed by atoms with Crippen LogP contribution in [0.1, 0.15) is 47.0 Å². The molecular formula is C9H20O4S. The van der Waals surface area contributed by atoms with E-state index in [9.17, 15) is 8.42 Å². The van der Waals surface area contributed by atoms with E-state index in [1.165, 1.54) is 0 Å². The topological polar surface area (TPSA) is 52.6 Å². The van der Waals surface area contributed by atoms with Crippen molar-refractivity contribution >= 4 is 10.4 Å². The molecule has 0 aromatic carbocycles. The Morgan fingerprint density at radius 3 is 2.14 bits per heavy atom. The van der Waals surface area contributed by atoms with Crippen molar-refractivity contribution < 1.29 is 16.8 Å². The second kappa shape index (κ2) is 5.68. The first-order valence-electron chi connectivity index (χ1n) is 4.99. The SMILES string of the molecule is CCCC(C)(CC)OS(=O)(=O)OCC. The fourth-order valence-corrected chi connectivity index (χ4v) is 2.25. The van der Waals surface area contributed by atoms with Gasteiger partial charge in [-0.2, -0.15) is 8.42 Å². The highest BCUT2D eigenvalue weighted by Crippen LogP contribution is 2.24. The molecule has 0 spiro atoms. The molecule has 1 atom stereocenters. The Morgan fingerprint density at radius 1 is 1.21 bits per heavy atom. The number of rotatable bonds is 7. The smallest absolute Gasteiger partial charge is 0.248 e. The van der Waals surface area contributed by atoms with Gasteiger partial charge in [0.15, 0.2) is 0 Å². The van der Waals surface area contributed by atoms with Crippen LogP contribution in [0.3, 0.4) is 0 Å². The van der Waals surface area contributed by atoms with Crippen molar-refractivity contribution in [2.45, 2.75) is 52.6 Å². The second-order valence-electron chi connectivity index (χ2n) is 3.45. The third kappa shape index (κ3) is 4.93. The third-order valence-electron chi connectivity index (χ3n) is 2.09. The minimum atomic E-state index is -3.82. The molecule has 1 unspecified atom stereocenters. The maximum atomic E-state index is 11.2. The van der Waals surface area contributed by atoms with Crippen molar-refractivity contribution in [1.29, 1.82) is 0 Å². The highest BCUT2D eigenvalue weighted by Gasteiger charge is 2.29. The molecule has 0 aromatic rings. The molecule has 0 aliphatic heterocycles. The molecule has 0 bridgehead atoms.